The number of rotatable bonds is 6. The van der Waals surface area contributed by atoms with E-state index in [1.54, 1.807) is 0 Å². The second-order valence-corrected chi connectivity index (χ2v) is 6.83. The average molecular weight is 353 g/mol. The largest absolute Gasteiger partial charge is 0.393 e. The number of carbonyl (C=O) groups excluding carboxylic acids is 1. The topological polar surface area (TPSA) is 64.6 Å². The second kappa shape index (κ2) is 8.72. The van der Waals surface area contributed by atoms with Crippen LogP contribution in [0.4, 0.5) is 16.2 Å². The molecule has 0 spiro atoms. The fourth-order valence-electron chi connectivity index (χ4n) is 3.38. The monoisotopic (exact) mass is 353 g/mol. The molecule has 0 heterocycles. The third-order valence-corrected chi connectivity index (χ3v) is 4.86. The Labute approximate surface area is 155 Å². The molecule has 0 fully saturated rings. The highest BCUT2D eigenvalue weighted by molar-refractivity contribution is 5.90. The smallest absolute Gasteiger partial charge is 0.319 e. The van der Waals surface area contributed by atoms with Gasteiger partial charge in [0.25, 0.3) is 0 Å². The standard InChI is InChI=1S/C21H27N3O2/c1-24(17-8-3-2-4-9-17)14-6-13-22-21(26)23-20-10-5-7-16-11-12-18(25)15-19(16)20/h2-5,7-10,18,25H,6,11-15H2,1H3,(H2,22,23,26). The maximum atomic E-state index is 12.2. The Kier molecular flexibility index (Phi) is 6.12. The van der Waals surface area contributed by atoms with Gasteiger partial charge in [-0.2, -0.15) is 0 Å². The Morgan fingerprint density at radius 1 is 1.19 bits per heavy atom. The van der Waals surface area contributed by atoms with E-state index in [0.29, 0.717) is 13.0 Å². The molecule has 5 heteroatoms. The van der Waals surface area contributed by atoms with E-state index in [2.05, 4.69) is 40.8 Å². The van der Waals surface area contributed by atoms with Crippen LogP contribution in [0.2, 0.25) is 0 Å². The van der Waals surface area contributed by atoms with Gasteiger partial charge in [-0.3, -0.25) is 0 Å². The van der Waals surface area contributed by atoms with E-state index in [0.717, 1.165) is 37.1 Å². The lowest BCUT2D eigenvalue weighted by atomic mass is 9.88. The molecule has 1 unspecified atom stereocenters. The second-order valence-electron chi connectivity index (χ2n) is 6.83. The van der Waals surface area contributed by atoms with Gasteiger partial charge in [0.2, 0.25) is 0 Å². The molecule has 138 valence electrons. The summed E-state index contributed by atoms with van der Waals surface area (Å²) in [6.45, 7) is 1.48. The minimum absolute atomic E-state index is 0.194. The van der Waals surface area contributed by atoms with Crippen LogP contribution < -0.4 is 15.5 Å². The summed E-state index contributed by atoms with van der Waals surface area (Å²) in [5, 5.41) is 15.8. The van der Waals surface area contributed by atoms with Crippen LogP contribution in [0.1, 0.15) is 24.0 Å². The van der Waals surface area contributed by atoms with Crippen molar-refractivity contribution in [2.24, 2.45) is 0 Å². The molecule has 2 amide bonds. The Hall–Kier alpha value is -2.53. The van der Waals surface area contributed by atoms with E-state index in [1.807, 2.05) is 30.3 Å². The number of amides is 2. The number of hydrogen-bond acceptors (Lipinski definition) is 3. The molecule has 1 aliphatic carbocycles. The van der Waals surface area contributed by atoms with Gasteiger partial charge in [0.1, 0.15) is 0 Å². The van der Waals surface area contributed by atoms with Crippen LogP contribution in [0.5, 0.6) is 0 Å². The molecule has 0 bridgehead atoms. The molecule has 0 radical (unpaired) electrons. The first-order chi connectivity index (χ1) is 12.6. The highest BCUT2D eigenvalue weighted by Gasteiger charge is 2.19. The Balaban J connectivity index is 1.45. The van der Waals surface area contributed by atoms with Crippen molar-refractivity contribution >= 4 is 17.4 Å². The summed E-state index contributed by atoms with van der Waals surface area (Å²) in [6.07, 6.45) is 2.80. The van der Waals surface area contributed by atoms with Crippen molar-refractivity contribution in [3.8, 4) is 0 Å². The van der Waals surface area contributed by atoms with Crippen LogP contribution in [0.25, 0.3) is 0 Å². The number of hydrogen-bond donors (Lipinski definition) is 3. The molecule has 0 saturated carbocycles. The van der Waals surface area contributed by atoms with Gasteiger partial charge in [0.15, 0.2) is 0 Å². The molecule has 0 aliphatic heterocycles. The van der Waals surface area contributed by atoms with Gasteiger partial charge < -0.3 is 20.6 Å². The number of carbonyl (C=O) groups is 1. The first-order valence-corrected chi connectivity index (χ1v) is 9.23. The summed E-state index contributed by atoms with van der Waals surface area (Å²) < 4.78 is 0. The summed E-state index contributed by atoms with van der Waals surface area (Å²) in [6, 6.07) is 15.9. The molecule has 26 heavy (non-hydrogen) atoms. The van der Waals surface area contributed by atoms with E-state index in [4.69, 9.17) is 0 Å². The lowest BCUT2D eigenvalue weighted by Gasteiger charge is -2.23. The number of aliphatic hydroxyl groups excluding tert-OH is 1. The fraction of sp³-hybridized carbons (Fsp3) is 0.381. The van der Waals surface area contributed by atoms with Gasteiger partial charge in [-0.25, -0.2) is 4.79 Å². The highest BCUT2D eigenvalue weighted by Crippen LogP contribution is 2.28. The molecule has 2 aromatic carbocycles. The number of urea groups is 1. The highest BCUT2D eigenvalue weighted by atomic mass is 16.3. The van der Waals surface area contributed by atoms with Crippen LogP contribution in [-0.2, 0) is 12.8 Å². The molecule has 3 N–H and O–H groups in total. The predicted octanol–water partition coefficient (Wildman–Crippen LogP) is 3.18. The van der Waals surface area contributed by atoms with Crippen molar-refractivity contribution in [1.82, 2.24) is 5.32 Å². The minimum atomic E-state index is -0.318. The Morgan fingerprint density at radius 2 is 2.00 bits per heavy atom. The van der Waals surface area contributed by atoms with Gasteiger partial charge in [0.05, 0.1) is 6.10 Å². The molecule has 1 aliphatic rings. The van der Waals surface area contributed by atoms with Crippen LogP contribution in [0, 0.1) is 0 Å². The SMILES string of the molecule is CN(CCCNC(=O)Nc1cccc2c1CC(O)CC2)c1ccccc1. The summed E-state index contributed by atoms with van der Waals surface area (Å²) in [4.78, 5) is 14.4. The Morgan fingerprint density at radius 3 is 2.81 bits per heavy atom. The zero-order valence-electron chi connectivity index (χ0n) is 15.2. The van der Waals surface area contributed by atoms with Crippen LogP contribution in [0.3, 0.4) is 0 Å². The minimum Gasteiger partial charge on any atom is -0.393 e. The maximum absolute atomic E-state index is 12.2. The molecular weight excluding hydrogens is 326 g/mol. The van der Waals surface area contributed by atoms with Gasteiger partial charge >= 0.3 is 6.03 Å². The molecule has 1 atom stereocenters. The van der Waals surface area contributed by atoms with Crippen molar-refractivity contribution in [2.45, 2.75) is 31.8 Å². The van der Waals surface area contributed by atoms with E-state index in [-0.39, 0.29) is 12.1 Å². The van der Waals surface area contributed by atoms with Crippen LogP contribution in [-0.4, -0.2) is 37.4 Å². The number of aryl methyl sites for hydroxylation is 1. The number of anilines is 2. The molecule has 0 aromatic heterocycles. The Bertz CT molecular complexity index is 733. The lowest BCUT2D eigenvalue weighted by Crippen LogP contribution is -2.32. The van der Waals surface area contributed by atoms with Crippen molar-refractivity contribution in [3.05, 3.63) is 59.7 Å². The number of para-hydroxylation sites is 1. The lowest BCUT2D eigenvalue weighted by molar-refractivity contribution is 0.159. The van der Waals surface area contributed by atoms with Gasteiger partial charge in [-0.15, -0.1) is 0 Å². The van der Waals surface area contributed by atoms with E-state index >= 15 is 0 Å². The van der Waals surface area contributed by atoms with Gasteiger partial charge in [0, 0.05) is 37.9 Å². The summed E-state index contributed by atoms with van der Waals surface area (Å²) in [7, 11) is 2.05. The average Bonchev–Trinajstić information content (AvgIpc) is 2.66. The summed E-state index contributed by atoms with van der Waals surface area (Å²) >= 11 is 0. The van der Waals surface area contributed by atoms with Crippen molar-refractivity contribution in [3.63, 3.8) is 0 Å². The number of benzene rings is 2. The van der Waals surface area contributed by atoms with E-state index < -0.39 is 0 Å². The van der Waals surface area contributed by atoms with E-state index in [9.17, 15) is 9.90 Å². The summed E-state index contributed by atoms with van der Waals surface area (Å²) in [5.74, 6) is 0. The quantitative estimate of drug-likeness (QED) is 0.699. The molecule has 5 nitrogen and oxygen atoms in total. The van der Waals surface area contributed by atoms with Crippen molar-refractivity contribution < 1.29 is 9.90 Å². The molecule has 0 saturated heterocycles. The molecule has 3 rings (SSSR count). The number of nitrogens with one attached hydrogen (secondary N) is 2. The molecular formula is C21H27N3O2. The van der Waals surface area contributed by atoms with Crippen molar-refractivity contribution in [1.29, 1.82) is 0 Å². The maximum Gasteiger partial charge on any atom is 0.319 e. The van der Waals surface area contributed by atoms with Gasteiger partial charge in [-0.05, 0) is 48.6 Å². The predicted molar refractivity (Wildman–Crippen MR) is 106 cm³/mol. The normalized spacial score (nSPS) is 15.8. The molecule has 2 aromatic rings. The fourth-order valence-corrected chi connectivity index (χ4v) is 3.38. The number of aliphatic hydroxyl groups is 1. The van der Waals surface area contributed by atoms with E-state index in [1.165, 1.54) is 11.3 Å². The third kappa shape index (κ3) is 4.76. The zero-order valence-corrected chi connectivity index (χ0v) is 15.2. The zero-order chi connectivity index (χ0) is 18.4. The third-order valence-electron chi connectivity index (χ3n) is 4.86. The first kappa shape index (κ1) is 18.3. The summed E-state index contributed by atoms with van der Waals surface area (Å²) in [5.41, 5.74) is 4.26. The van der Waals surface area contributed by atoms with Crippen LogP contribution >= 0.6 is 0 Å². The van der Waals surface area contributed by atoms with Gasteiger partial charge in [-0.1, -0.05) is 30.3 Å². The number of fused-ring (bicyclic) bond motifs is 1. The van der Waals surface area contributed by atoms with Crippen LogP contribution in [0.15, 0.2) is 48.5 Å². The van der Waals surface area contributed by atoms with Crippen molar-refractivity contribution in [2.75, 3.05) is 30.4 Å². The first-order valence-electron chi connectivity index (χ1n) is 9.23. The number of nitrogens with zero attached hydrogens (tertiary/aromatic N) is 1.